The molecule has 2 amide bonds. The second kappa shape index (κ2) is 8.26. The van der Waals surface area contributed by atoms with E-state index in [4.69, 9.17) is 4.52 Å². The summed E-state index contributed by atoms with van der Waals surface area (Å²) in [6.07, 6.45) is 1.04. The summed E-state index contributed by atoms with van der Waals surface area (Å²) in [7, 11) is 0. The topological polar surface area (TPSA) is 88.3 Å². The lowest BCUT2D eigenvalue weighted by molar-refractivity contribution is -0.128. The van der Waals surface area contributed by atoms with Gasteiger partial charge in [0.05, 0.1) is 5.92 Å². The number of likely N-dealkylation sites (tertiary alicyclic amines) is 1. The zero-order valence-electron chi connectivity index (χ0n) is 16.2. The highest BCUT2D eigenvalue weighted by atomic mass is 16.5. The van der Waals surface area contributed by atoms with Crippen LogP contribution in [0.2, 0.25) is 0 Å². The molecule has 7 nitrogen and oxygen atoms in total. The summed E-state index contributed by atoms with van der Waals surface area (Å²) in [6, 6.07) is 17.2. The van der Waals surface area contributed by atoms with Crippen molar-refractivity contribution in [3.8, 4) is 11.5 Å². The van der Waals surface area contributed by atoms with Crippen molar-refractivity contribution in [2.75, 3.05) is 18.4 Å². The van der Waals surface area contributed by atoms with Crippen LogP contribution in [0.3, 0.4) is 0 Å². The molecular weight excluding hydrogens is 368 g/mol. The Hall–Kier alpha value is -3.48. The van der Waals surface area contributed by atoms with Crippen LogP contribution < -0.4 is 5.32 Å². The first kappa shape index (κ1) is 18.9. The van der Waals surface area contributed by atoms with E-state index in [0.717, 1.165) is 12.0 Å². The summed E-state index contributed by atoms with van der Waals surface area (Å²) in [5, 5.41) is 6.67. The molecule has 0 bridgehead atoms. The van der Waals surface area contributed by atoms with Crippen molar-refractivity contribution in [3.63, 3.8) is 0 Å². The number of anilines is 1. The smallest absolute Gasteiger partial charge is 0.257 e. The monoisotopic (exact) mass is 390 g/mol. The Morgan fingerprint density at radius 1 is 1.17 bits per heavy atom. The van der Waals surface area contributed by atoms with E-state index in [0.29, 0.717) is 30.5 Å². The molecule has 0 aliphatic carbocycles. The lowest BCUT2D eigenvalue weighted by Crippen LogP contribution is -2.30. The minimum atomic E-state index is -0.337. The number of rotatable bonds is 6. The molecule has 1 aromatic heterocycles. The molecule has 1 aliphatic heterocycles. The zero-order valence-corrected chi connectivity index (χ0v) is 16.2. The number of carbonyl (C=O) groups excluding carboxylic acids is 2. The van der Waals surface area contributed by atoms with Gasteiger partial charge in [-0.3, -0.25) is 9.59 Å². The summed E-state index contributed by atoms with van der Waals surface area (Å²) >= 11 is 0. The Balaban J connectivity index is 1.32. The molecule has 148 valence electrons. The van der Waals surface area contributed by atoms with Gasteiger partial charge in [0.2, 0.25) is 11.8 Å². The van der Waals surface area contributed by atoms with Gasteiger partial charge in [-0.05, 0) is 43.2 Å². The molecule has 0 saturated carbocycles. The van der Waals surface area contributed by atoms with E-state index < -0.39 is 0 Å². The maximum Gasteiger partial charge on any atom is 0.257 e. The van der Waals surface area contributed by atoms with Crippen LogP contribution in [0.1, 0.15) is 17.8 Å². The van der Waals surface area contributed by atoms with Crippen LogP contribution in [0.15, 0.2) is 59.1 Å². The van der Waals surface area contributed by atoms with Crippen LogP contribution in [0.4, 0.5) is 5.69 Å². The summed E-state index contributed by atoms with van der Waals surface area (Å²) in [4.78, 5) is 30.9. The minimum Gasteiger partial charge on any atom is -0.342 e. The highest BCUT2D eigenvalue weighted by Gasteiger charge is 2.34. The zero-order chi connectivity index (χ0) is 20.2. The van der Waals surface area contributed by atoms with Gasteiger partial charge >= 0.3 is 0 Å². The highest BCUT2D eigenvalue weighted by Crippen LogP contribution is 2.23. The fourth-order valence-electron chi connectivity index (χ4n) is 3.43. The minimum absolute atomic E-state index is 0.0307. The summed E-state index contributed by atoms with van der Waals surface area (Å²) in [5.41, 5.74) is 2.64. The Labute approximate surface area is 168 Å². The third-order valence-electron chi connectivity index (χ3n) is 5.03. The fraction of sp³-hybridized carbons (Fsp3) is 0.273. The van der Waals surface area contributed by atoms with Crippen LogP contribution in [0.25, 0.3) is 11.5 Å². The number of nitrogens with one attached hydrogen (secondary N) is 1. The van der Waals surface area contributed by atoms with Gasteiger partial charge in [-0.1, -0.05) is 35.5 Å². The SMILES string of the molecule is Cc1noc(-c2ccc(NC(=O)[C@@H]3CC(=O)N(CCc4ccccc4)C3)cc2)n1. The van der Waals surface area contributed by atoms with Crippen molar-refractivity contribution >= 4 is 17.5 Å². The highest BCUT2D eigenvalue weighted by molar-refractivity contribution is 5.97. The van der Waals surface area contributed by atoms with Gasteiger partial charge in [0.15, 0.2) is 5.82 Å². The summed E-state index contributed by atoms with van der Waals surface area (Å²) in [5.74, 6) is 0.567. The lowest BCUT2D eigenvalue weighted by atomic mass is 10.1. The normalized spacial score (nSPS) is 16.2. The van der Waals surface area contributed by atoms with Crippen molar-refractivity contribution in [2.45, 2.75) is 19.8 Å². The number of carbonyl (C=O) groups is 2. The van der Waals surface area contributed by atoms with E-state index >= 15 is 0 Å². The molecule has 1 aliphatic rings. The van der Waals surface area contributed by atoms with Gasteiger partial charge in [0.25, 0.3) is 5.89 Å². The number of amides is 2. The van der Waals surface area contributed by atoms with E-state index in [2.05, 4.69) is 15.5 Å². The molecular formula is C22H22N4O3. The molecule has 7 heteroatoms. The molecule has 1 saturated heterocycles. The molecule has 29 heavy (non-hydrogen) atoms. The van der Waals surface area contributed by atoms with E-state index in [-0.39, 0.29) is 24.2 Å². The number of aryl methyl sites for hydroxylation is 1. The predicted octanol–water partition coefficient (Wildman–Crippen LogP) is 3.07. The van der Waals surface area contributed by atoms with Crippen molar-refractivity contribution in [1.82, 2.24) is 15.0 Å². The average Bonchev–Trinajstić information content (AvgIpc) is 3.33. The molecule has 1 atom stereocenters. The molecule has 4 rings (SSSR count). The lowest BCUT2D eigenvalue weighted by Gasteiger charge is -2.16. The second-order valence-electron chi connectivity index (χ2n) is 7.19. The first-order valence-corrected chi connectivity index (χ1v) is 9.62. The van der Waals surface area contributed by atoms with E-state index in [1.165, 1.54) is 5.56 Å². The Morgan fingerprint density at radius 3 is 2.62 bits per heavy atom. The first-order valence-electron chi connectivity index (χ1n) is 9.62. The standard InChI is InChI=1S/C22H22N4O3/c1-15-23-22(29-25-15)17-7-9-19(10-8-17)24-21(28)18-13-20(27)26(14-18)12-11-16-5-3-2-4-6-16/h2-10,18H,11-14H2,1H3,(H,24,28)/t18-/m1/s1. The van der Waals surface area contributed by atoms with E-state index in [9.17, 15) is 9.59 Å². The van der Waals surface area contributed by atoms with Crippen LogP contribution in [0.5, 0.6) is 0 Å². The third kappa shape index (κ3) is 4.51. The van der Waals surface area contributed by atoms with Crippen LogP contribution in [-0.2, 0) is 16.0 Å². The van der Waals surface area contributed by atoms with Gasteiger partial charge in [-0.25, -0.2) is 0 Å². The Bertz CT molecular complexity index is 998. The Kier molecular flexibility index (Phi) is 5.37. The Morgan fingerprint density at radius 2 is 1.93 bits per heavy atom. The number of nitrogens with zero attached hydrogens (tertiary/aromatic N) is 3. The molecule has 2 heterocycles. The fourth-order valence-corrected chi connectivity index (χ4v) is 3.43. The van der Waals surface area contributed by atoms with Gasteiger partial charge in [0, 0.05) is 30.8 Å². The number of aromatic nitrogens is 2. The van der Waals surface area contributed by atoms with Crippen molar-refractivity contribution in [1.29, 1.82) is 0 Å². The predicted molar refractivity (Wildman–Crippen MR) is 108 cm³/mol. The summed E-state index contributed by atoms with van der Waals surface area (Å²) in [6.45, 7) is 2.84. The maximum atomic E-state index is 12.6. The maximum absolute atomic E-state index is 12.6. The molecule has 1 fully saturated rings. The first-order chi connectivity index (χ1) is 14.1. The van der Waals surface area contributed by atoms with Gasteiger partial charge in [0.1, 0.15) is 0 Å². The molecule has 2 aromatic carbocycles. The third-order valence-corrected chi connectivity index (χ3v) is 5.03. The quantitative estimate of drug-likeness (QED) is 0.699. The van der Waals surface area contributed by atoms with Gasteiger partial charge in [-0.15, -0.1) is 0 Å². The number of hydrogen-bond acceptors (Lipinski definition) is 5. The van der Waals surface area contributed by atoms with E-state index in [1.807, 2.05) is 42.5 Å². The van der Waals surface area contributed by atoms with Crippen LogP contribution in [-0.4, -0.2) is 39.9 Å². The molecule has 0 unspecified atom stereocenters. The number of hydrogen-bond donors (Lipinski definition) is 1. The van der Waals surface area contributed by atoms with Gasteiger partial charge < -0.3 is 14.7 Å². The second-order valence-corrected chi connectivity index (χ2v) is 7.19. The molecule has 0 spiro atoms. The van der Waals surface area contributed by atoms with Crippen molar-refractivity contribution in [3.05, 3.63) is 66.0 Å². The average molecular weight is 390 g/mol. The molecule has 1 N–H and O–H groups in total. The van der Waals surface area contributed by atoms with Gasteiger partial charge in [-0.2, -0.15) is 4.98 Å². The van der Waals surface area contributed by atoms with E-state index in [1.54, 1.807) is 24.0 Å². The molecule has 3 aromatic rings. The van der Waals surface area contributed by atoms with Crippen molar-refractivity contribution < 1.29 is 14.1 Å². The summed E-state index contributed by atoms with van der Waals surface area (Å²) < 4.78 is 5.14. The molecule has 0 radical (unpaired) electrons. The van der Waals surface area contributed by atoms with Crippen molar-refractivity contribution in [2.24, 2.45) is 5.92 Å². The van der Waals surface area contributed by atoms with Crippen LogP contribution >= 0.6 is 0 Å². The van der Waals surface area contributed by atoms with Crippen LogP contribution in [0, 0.1) is 12.8 Å². The number of benzene rings is 2. The largest absolute Gasteiger partial charge is 0.342 e.